The van der Waals surface area contributed by atoms with E-state index in [9.17, 15) is 9.59 Å². The van der Waals surface area contributed by atoms with Crippen molar-refractivity contribution in [3.05, 3.63) is 59.7 Å². The molecular formula is C24H28N2O4. The summed E-state index contributed by atoms with van der Waals surface area (Å²) in [5.74, 6) is 0.559. The molecule has 1 amide bonds. The minimum Gasteiger partial charge on any atom is -0.489 e. The molecule has 0 spiro atoms. The van der Waals surface area contributed by atoms with Crippen molar-refractivity contribution in [2.24, 2.45) is 0 Å². The molecule has 6 nitrogen and oxygen atoms in total. The summed E-state index contributed by atoms with van der Waals surface area (Å²) in [6.45, 7) is 4.82. The van der Waals surface area contributed by atoms with Crippen molar-refractivity contribution in [2.75, 3.05) is 31.2 Å². The molecule has 1 saturated heterocycles. The van der Waals surface area contributed by atoms with Crippen molar-refractivity contribution in [3.8, 4) is 5.75 Å². The van der Waals surface area contributed by atoms with Gasteiger partial charge in [-0.25, -0.2) is 0 Å². The predicted octanol–water partition coefficient (Wildman–Crippen LogP) is 3.64. The van der Waals surface area contributed by atoms with Crippen LogP contribution in [0.15, 0.2) is 48.5 Å². The van der Waals surface area contributed by atoms with E-state index in [1.54, 1.807) is 0 Å². The second kappa shape index (κ2) is 9.20. The first-order valence-corrected chi connectivity index (χ1v) is 10.7. The molecular weight excluding hydrogens is 380 g/mol. The SMILES string of the molecule is CCOC(=O)CC1COc2ccc(C(=O)N3CCCC3)cc2N1Cc1ccccc1. The lowest BCUT2D eigenvalue weighted by Gasteiger charge is -2.38. The Balaban J connectivity index is 1.65. The van der Waals surface area contributed by atoms with E-state index in [1.807, 2.05) is 48.2 Å². The summed E-state index contributed by atoms with van der Waals surface area (Å²) in [4.78, 5) is 29.2. The zero-order chi connectivity index (χ0) is 20.9. The molecule has 0 aromatic heterocycles. The lowest BCUT2D eigenvalue weighted by atomic mass is 10.0. The molecule has 0 aliphatic carbocycles. The smallest absolute Gasteiger partial charge is 0.307 e. The van der Waals surface area contributed by atoms with Gasteiger partial charge in [-0.1, -0.05) is 30.3 Å². The number of benzene rings is 2. The van der Waals surface area contributed by atoms with Gasteiger partial charge in [0.1, 0.15) is 12.4 Å². The van der Waals surface area contributed by atoms with E-state index in [0.29, 0.717) is 25.3 Å². The van der Waals surface area contributed by atoms with Gasteiger partial charge in [-0.2, -0.15) is 0 Å². The van der Waals surface area contributed by atoms with Gasteiger partial charge in [0.2, 0.25) is 0 Å². The highest BCUT2D eigenvalue weighted by Crippen LogP contribution is 2.37. The molecule has 4 rings (SSSR count). The fourth-order valence-electron chi connectivity index (χ4n) is 4.15. The molecule has 158 valence electrons. The van der Waals surface area contributed by atoms with E-state index >= 15 is 0 Å². The standard InChI is InChI=1S/C24H28N2O4/c1-2-29-23(27)15-20-17-30-22-11-10-19(24(28)25-12-6-7-13-25)14-21(22)26(20)16-18-8-4-3-5-9-18/h3-5,8-11,14,20H,2,6-7,12-13,15-17H2,1H3. The van der Waals surface area contributed by atoms with Gasteiger partial charge in [0.15, 0.2) is 0 Å². The van der Waals surface area contributed by atoms with Crippen LogP contribution in [0.25, 0.3) is 0 Å². The number of nitrogens with zero attached hydrogens (tertiary/aromatic N) is 2. The van der Waals surface area contributed by atoms with Crippen LogP contribution in [-0.2, 0) is 16.1 Å². The van der Waals surface area contributed by atoms with Gasteiger partial charge in [-0.15, -0.1) is 0 Å². The summed E-state index contributed by atoms with van der Waals surface area (Å²) >= 11 is 0. The lowest BCUT2D eigenvalue weighted by Crippen LogP contribution is -2.44. The molecule has 0 bridgehead atoms. The average Bonchev–Trinajstić information content (AvgIpc) is 3.30. The first kappa shape index (κ1) is 20.3. The summed E-state index contributed by atoms with van der Waals surface area (Å²) in [5, 5.41) is 0. The predicted molar refractivity (Wildman–Crippen MR) is 115 cm³/mol. The summed E-state index contributed by atoms with van der Waals surface area (Å²) < 4.78 is 11.1. The van der Waals surface area contributed by atoms with E-state index in [2.05, 4.69) is 17.0 Å². The maximum atomic E-state index is 12.9. The number of hydrogen-bond donors (Lipinski definition) is 0. The number of ether oxygens (including phenoxy) is 2. The highest BCUT2D eigenvalue weighted by Gasteiger charge is 2.31. The molecule has 2 aliphatic rings. The number of hydrogen-bond acceptors (Lipinski definition) is 5. The second-order valence-electron chi connectivity index (χ2n) is 7.77. The number of carbonyl (C=O) groups is 2. The number of fused-ring (bicyclic) bond motifs is 1. The summed E-state index contributed by atoms with van der Waals surface area (Å²) in [5.41, 5.74) is 2.65. The van der Waals surface area contributed by atoms with Crippen LogP contribution in [0, 0.1) is 0 Å². The molecule has 1 unspecified atom stereocenters. The van der Waals surface area contributed by atoms with E-state index in [4.69, 9.17) is 9.47 Å². The average molecular weight is 408 g/mol. The van der Waals surface area contributed by atoms with Crippen LogP contribution in [0.5, 0.6) is 5.75 Å². The van der Waals surface area contributed by atoms with Gasteiger partial charge in [0.25, 0.3) is 5.91 Å². The minimum atomic E-state index is -0.239. The molecule has 0 radical (unpaired) electrons. The molecule has 2 heterocycles. The van der Waals surface area contributed by atoms with Crippen molar-refractivity contribution in [3.63, 3.8) is 0 Å². The zero-order valence-electron chi connectivity index (χ0n) is 17.4. The van der Waals surface area contributed by atoms with Crippen molar-refractivity contribution >= 4 is 17.6 Å². The molecule has 1 atom stereocenters. The highest BCUT2D eigenvalue weighted by atomic mass is 16.5. The third kappa shape index (κ3) is 4.42. The maximum absolute atomic E-state index is 12.9. The van der Waals surface area contributed by atoms with Crippen molar-refractivity contribution < 1.29 is 19.1 Å². The van der Waals surface area contributed by atoms with Gasteiger partial charge < -0.3 is 19.3 Å². The Kier molecular flexibility index (Phi) is 6.21. The number of amides is 1. The van der Waals surface area contributed by atoms with E-state index in [1.165, 1.54) is 0 Å². The van der Waals surface area contributed by atoms with E-state index < -0.39 is 0 Å². The highest BCUT2D eigenvalue weighted by molar-refractivity contribution is 5.96. The summed E-state index contributed by atoms with van der Waals surface area (Å²) in [7, 11) is 0. The van der Waals surface area contributed by atoms with Crippen LogP contribution in [0.1, 0.15) is 42.1 Å². The quantitative estimate of drug-likeness (QED) is 0.683. The summed E-state index contributed by atoms with van der Waals surface area (Å²) in [6, 6.07) is 15.6. The monoisotopic (exact) mass is 408 g/mol. The second-order valence-corrected chi connectivity index (χ2v) is 7.77. The largest absolute Gasteiger partial charge is 0.489 e. The third-order valence-electron chi connectivity index (χ3n) is 5.68. The maximum Gasteiger partial charge on any atom is 0.307 e. The molecule has 1 fully saturated rings. The first-order chi connectivity index (χ1) is 14.7. The van der Waals surface area contributed by atoms with Crippen molar-refractivity contribution in [1.29, 1.82) is 0 Å². The Morgan fingerprint density at radius 2 is 1.87 bits per heavy atom. The van der Waals surface area contributed by atoms with Gasteiger partial charge in [0, 0.05) is 25.2 Å². The van der Waals surface area contributed by atoms with Gasteiger partial charge in [0.05, 0.1) is 24.8 Å². The Labute approximate surface area is 177 Å². The fraction of sp³-hybridized carbons (Fsp3) is 0.417. The van der Waals surface area contributed by atoms with Crippen LogP contribution in [-0.4, -0.2) is 49.1 Å². The van der Waals surface area contributed by atoms with E-state index in [-0.39, 0.29) is 24.3 Å². The van der Waals surface area contributed by atoms with E-state index in [0.717, 1.165) is 42.9 Å². The number of esters is 1. The van der Waals surface area contributed by atoms with Crippen LogP contribution in [0.2, 0.25) is 0 Å². The third-order valence-corrected chi connectivity index (χ3v) is 5.68. The molecule has 2 aromatic rings. The lowest BCUT2D eigenvalue weighted by molar-refractivity contribution is -0.143. The Morgan fingerprint density at radius 3 is 2.60 bits per heavy atom. The Morgan fingerprint density at radius 1 is 1.10 bits per heavy atom. The van der Waals surface area contributed by atoms with Crippen molar-refractivity contribution in [2.45, 2.75) is 38.8 Å². The fourth-order valence-corrected chi connectivity index (χ4v) is 4.15. The number of carbonyl (C=O) groups excluding carboxylic acids is 2. The van der Waals surface area contributed by atoms with Crippen LogP contribution < -0.4 is 9.64 Å². The van der Waals surface area contributed by atoms with Gasteiger partial charge in [-0.3, -0.25) is 9.59 Å². The van der Waals surface area contributed by atoms with Crippen LogP contribution in [0.3, 0.4) is 0 Å². The molecule has 0 saturated carbocycles. The molecule has 2 aliphatic heterocycles. The number of anilines is 1. The zero-order valence-corrected chi connectivity index (χ0v) is 17.4. The normalized spacial score (nSPS) is 18.0. The molecule has 0 N–H and O–H groups in total. The van der Waals surface area contributed by atoms with Crippen LogP contribution in [0.4, 0.5) is 5.69 Å². The molecule has 30 heavy (non-hydrogen) atoms. The van der Waals surface area contributed by atoms with Gasteiger partial charge >= 0.3 is 5.97 Å². The van der Waals surface area contributed by atoms with Crippen LogP contribution >= 0.6 is 0 Å². The summed E-state index contributed by atoms with van der Waals surface area (Å²) in [6.07, 6.45) is 2.35. The minimum absolute atomic E-state index is 0.0578. The Hall–Kier alpha value is -3.02. The molecule has 2 aromatic carbocycles. The van der Waals surface area contributed by atoms with Crippen molar-refractivity contribution in [1.82, 2.24) is 4.90 Å². The molecule has 6 heteroatoms. The number of rotatable bonds is 6. The topological polar surface area (TPSA) is 59.1 Å². The number of likely N-dealkylation sites (tertiary alicyclic amines) is 1. The first-order valence-electron chi connectivity index (χ1n) is 10.7. The Bertz CT molecular complexity index is 893. The van der Waals surface area contributed by atoms with Gasteiger partial charge in [-0.05, 0) is 43.5 Å².